The number of hydrogen-bond donors (Lipinski definition) is 1. The average molecular weight is 323 g/mol. The van der Waals surface area contributed by atoms with Gasteiger partial charge in [-0.25, -0.2) is 18.1 Å². The molecule has 0 bridgehead atoms. The van der Waals surface area contributed by atoms with Gasteiger partial charge in [0.15, 0.2) is 0 Å². The highest BCUT2D eigenvalue weighted by Gasteiger charge is 2.12. The van der Waals surface area contributed by atoms with E-state index in [0.717, 1.165) is 36.2 Å². The van der Waals surface area contributed by atoms with Gasteiger partial charge in [-0.05, 0) is 25.0 Å². The van der Waals surface area contributed by atoms with Crippen molar-refractivity contribution in [3.63, 3.8) is 0 Å². The van der Waals surface area contributed by atoms with Crippen LogP contribution in [0.15, 0.2) is 24.3 Å². The van der Waals surface area contributed by atoms with Gasteiger partial charge in [0.05, 0.1) is 16.8 Å². The molecule has 1 heterocycles. The van der Waals surface area contributed by atoms with Gasteiger partial charge in [0.25, 0.3) is 0 Å². The molecule has 0 aliphatic carbocycles. The first-order valence-corrected chi connectivity index (χ1v) is 9.64. The summed E-state index contributed by atoms with van der Waals surface area (Å²) in [6.07, 6.45) is 3.21. The van der Waals surface area contributed by atoms with Gasteiger partial charge < -0.3 is 4.57 Å². The molecule has 2 rings (SSSR count). The number of unbranched alkanes of at least 4 members (excludes halogenated alkanes) is 1. The molecule has 0 amide bonds. The minimum atomic E-state index is -3.16. The van der Waals surface area contributed by atoms with E-state index in [1.807, 2.05) is 25.1 Å². The molecule has 6 heteroatoms. The molecular weight excluding hydrogens is 298 g/mol. The molecule has 122 valence electrons. The van der Waals surface area contributed by atoms with Crippen molar-refractivity contribution in [2.24, 2.45) is 0 Å². The average Bonchev–Trinajstić information content (AvgIpc) is 2.84. The Labute approximate surface area is 132 Å². The number of sulfonamides is 1. The Kier molecular flexibility index (Phi) is 5.97. The summed E-state index contributed by atoms with van der Waals surface area (Å²) in [6.45, 7) is 5.42. The first-order chi connectivity index (χ1) is 10.6. The number of para-hydroxylation sites is 2. The van der Waals surface area contributed by atoms with Gasteiger partial charge in [-0.1, -0.05) is 32.4 Å². The Bertz CT molecular complexity index is 707. The number of imidazole rings is 1. The molecule has 0 saturated heterocycles. The number of aryl methyl sites for hydroxylation is 1. The lowest BCUT2D eigenvalue weighted by Crippen LogP contribution is -2.29. The predicted octanol–water partition coefficient (Wildman–Crippen LogP) is 2.71. The molecule has 0 saturated carbocycles. The van der Waals surface area contributed by atoms with Crippen LogP contribution >= 0.6 is 0 Å². The lowest BCUT2D eigenvalue weighted by atomic mass is 10.3. The highest BCUT2D eigenvalue weighted by Crippen LogP contribution is 2.16. The van der Waals surface area contributed by atoms with Crippen molar-refractivity contribution in [3.05, 3.63) is 30.1 Å². The van der Waals surface area contributed by atoms with Crippen LogP contribution in [-0.4, -0.2) is 30.3 Å². The fourth-order valence-corrected chi connectivity index (χ4v) is 3.74. The molecule has 0 aliphatic heterocycles. The molecule has 5 nitrogen and oxygen atoms in total. The molecule has 22 heavy (non-hydrogen) atoms. The maximum Gasteiger partial charge on any atom is 0.211 e. The quantitative estimate of drug-likeness (QED) is 0.771. The van der Waals surface area contributed by atoms with E-state index in [4.69, 9.17) is 0 Å². The van der Waals surface area contributed by atoms with E-state index in [0.29, 0.717) is 19.4 Å². The first-order valence-electron chi connectivity index (χ1n) is 7.99. The number of nitrogens with one attached hydrogen (secondary N) is 1. The van der Waals surface area contributed by atoms with Gasteiger partial charge in [-0.15, -0.1) is 0 Å². The number of hydrogen-bond acceptors (Lipinski definition) is 3. The van der Waals surface area contributed by atoms with Crippen molar-refractivity contribution < 1.29 is 8.42 Å². The summed E-state index contributed by atoms with van der Waals surface area (Å²) < 4.78 is 28.5. The lowest BCUT2D eigenvalue weighted by molar-refractivity contribution is 0.575. The number of aromatic nitrogens is 2. The number of rotatable bonds is 9. The van der Waals surface area contributed by atoms with E-state index in [2.05, 4.69) is 27.3 Å². The topological polar surface area (TPSA) is 64.0 Å². The third-order valence-corrected chi connectivity index (χ3v) is 5.09. The van der Waals surface area contributed by atoms with Crippen molar-refractivity contribution in [2.45, 2.75) is 46.1 Å². The zero-order valence-corrected chi connectivity index (χ0v) is 14.2. The zero-order valence-electron chi connectivity index (χ0n) is 13.4. The van der Waals surface area contributed by atoms with Gasteiger partial charge in [-0.2, -0.15) is 0 Å². The molecular formula is C16H25N3O2S. The largest absolute Gasteiger partial charge is 0.328 e. The summed E-state index contributed by atoms with van der Waals surface area (Å²) in [7, 11) is -3.16. The molecule has 1 aromatic carbocycles. The highest BCUT2D eigenvalue weighted by molar-refractivity contribution is 7.89. The minimum Gasteiger partial charge on any atom is -0.328 e. The van der Waals surface area contributed by atoms with Crippen LogP contribution in [0.3, 0.4) is 0 Å². The van der Waals surface area contributed by atoms with Crippen molar-refractivity contribution in [1.82, 2.24) is 14.3 Å². The Hall–Kier alpha value is -1.40. The molecule has 0 unspecified atom stereocenters. The maximum atomic E-state index is 11.8. The standard InChI is InChI=1S/C16H25N3O2S/c1-3-5-13-22(20,21)17-11-10-16-18-14-8-6-7-9-15(14)19(16)12-4-2/h6-9,17H,3-5,10-13H2,1-2H3. The van der Waals surface area contributed by atoms with Crippen molar-refractivity contribution in [3.8, 4) is 0 Å². The van der Waals surface area contributed by atoms with Crippen molar-refractivity contribution in [1.29, 1.82) is 0 Å². The molecule has 1 N–H and O–H groups in total. The highest BCUT2D eigenvalue weighted by atomic mass is 32.2. The molecule has 1 aromatic heterocycles. The van der Waals surface area contributed by atoms with E-state index in [1.54, 1.807) is 0 Å². The van der Waals surface area contributed by atoms with Gasteiger partial charge in [0.1, 0.15) is 5.82 Å². The number of benzene rings is 1. The Balaban J connectivity index is 2.06. The van der Waals surface area contributed by atoms with Crippen LogP contribution in [0.2, 0.25) is 0 Å². The molecule has 0 fully saturated rings. The second kappa shape index (κ2) is 7.74. The summed E-state index contributed by atoms with van der Waals surface area (Å²) in [5.41, 5.74) is 2.09. The van der Waals surface area contributed by atoms with E-state index in [1.165, 1.54) is 0 Å². The van der Waals surface area contributed by atoms with Gasteiger partial charge >= 0.3 is 0 Å². The Morgan fingerprint density at radius 2 is 1.95 bits per heavy atom. The number of fused-ring (bicyclic) bond motifs is 1. The fraction of sp³-hybridized carbons (Fsp3) is 0.562. The zero-order chi connectivity index (χ0) is 16.0. The monoisotopic (exact) mass is 323 g/mol. The summed E-state index contributed by atoms with van der Waals surface area (Å²) >= 11 is 0. The first kappa shape index (κ1) is 17.0. The lowest BCUT2D eigenvalue weighted by Gasteiger charge is -2.09. The van der Waals surface area contributed by atoms with Crippen LogP contribution < -0.4 is 4.72 Å². The van der Waals surface area contributed by atoms with Crippen LogP contribution in [0.5, 0.6) is 0 Å². The van der Waals surface area contributed by atoms with E-state index < -0.39 is 10.0 Å². The Morgan fingerprint density at radius 3 is 2.68 bits per heavy atom. The molecule has 2 aromatic rings. The minimum absolute atomic E-state index is 0.203. The second-order valence-electron chi connectivity index (χ2n) is 5.49. The normalized spacial score (nSPS) is 12.1. The van der Waals surface area contributed by atoms with Gasteiger partial charge in [0, 0.05) is 19.5 Å². The summed E-state index contributed by atoms with van der Waals surface area (Å²) in [6, 6.07) is 8.04. The molecule has 0 radical (unpaired) electrons. The summed E-state index contributed by atoms with van der Waals surface area (Å²) in [5.74, 6) is 1.15. The van der Waals surface area contributed by atoms with Crippen LogP contribution in [-0.2, 0) is 23.0 Å². The van der Waals surface area contributed by atoms with Crippen LogP contribution in [0.4, 0.5) is 0 Å². The summed E-state index contributed by atoms with van der Waals surface area (Å²) in [5, 5.41) is 0. The third-order valence-electron chi connectivity index (χ3n) is 3.62. The fourth-order valence-electron chi connectivity index (χ4n) is 2.51. The van der Waals surface area contributed by atoms with E-state index in [-0.39, 0.29) is 5.75 Å². The van der Waals surface area contributed by atoms with E-state index in [9.17, 15) is 8.42 Å². The molecule has 0 atom stereocenters. The van der Waals surface area contributed by atoms with Crippen LogP contribution in [0.25, 0.3) is 11.0 Å². The van der Waals surface area contributed by atoms with Gasteiger partial charge in [0.2, 0.25) is 10.0 Å². The van der Waals surface area contributed by atoms with Crippen LogP contribution in [0, 0.1) is 0 Å². The van der Waals surface area contributed by atoms with Crippen molar-refractivity contribution >= 4 is 21.1 Å². The molecule has 0 spiro atoms. The Morgan fingerprint density at radius 1 is 1.18 bits per heavy atom. The van der Waals surface area contributed by atoms with Crippen LogP contribution in [0.1, 0.15) is 38.9 Å². The second-order valence-corrected chi connectivity index (χ2v) is 7.41. The molecule has 0 aliphatic rings. The van der Waals surface area contributed by atoms with E-state index >= 15 is 0 Å². The SMILES string of the molecule is CCCCS(=O)(=O)NCCc1nc2ccccc2n1CCC. The third kappa shape index (κ3) is 4.30. The van der Waals surface area contributed by atoms with Gasteiger partial charge in [-0.3, -0.25) is 0 Å². The summed E-state index contributed by atoms with van der Waals surface area (Å²) in [4.78, 5) is 4.64. The maximum absolute atomic E-state index is 11.8. The smallest absolute Gasteiger partial charge is 0.211 e. The van der Waals surface area contributed by atoms with Crippen molar-refractivity contribution in [2.75, 3.05) is 12.3 Å². The predicted molar refractivity (Wildman–Crippen MR) is 90.4 cm³/mol. The number of nitrogens with zero attached hydrogens (tertiary/aromatic N) is 2.